The molecule has 1 fully saturated rings. The first-order chi connectivity index (χ1) is 12.5. The van der Waals surface area contributed by atoms with Crippen LogP contribution in [0.3, 0.4) is 0 Å². The van der Waals surface area contributed by atoms with Crippen LogP contribution in [-0.2, 0) is 13.0 Å². The zero-order valence-electron chi connectivity index (χ0n) is 14.0. The highest BCUT2D eigenvalue weighted by atomic mass is 35.5. The van der Waals surface area contributed by atoms with E-state index in [2.05, 4.69) is 9.88 Å². The third-order valence-corrected chi connectivity index (χ3v) is 5.25. The normalized spacial score (nSPS) is 16.0. The molecule has 0 bridgehead atoms. The average Bonchev–Trinajstić information content (AvgIpc) is 2.63. The van der Waals surface area contributed by atoms with Gasteiger partial charge in [-0.2, -0.15) is 0 Å². The lowest BCUT2D eigenvalue weighted by Crippen LogP contribution is -2.34. The molecule has 1 aliphatic rings. The summed E-state index contributed by atoms with van der Waals surface area (Å²) in [6.45, 7) is 2.05. The van der Waals surface area contributed by atoms with Crippen LogP contribution < -0.4 is 0 Å². The summed E-state index contributed by atoms with van der Waals surface area (Å²) in [6.07, 6.45) is 2.57. The Bertz CT molecular complexity index is 808. The maximum Gasteiger partial charge on any atom is 0.155 e. The Kier molecular flexibility index (Phi) is 6.22. The van der Waals surface area contributed by atoms with E-state index in [9.17, 15) is 13.6 Å². The minimum atomic E-state index is -0.590. The van der Waals surface area contributed by atoms with E-state index in [4.69, 9.17) is 23.2 Å². The summed E-state index contributed by atoms with van der Waals surface area (Å²) < 4.78 is 28.3. The van der Waals surface area contributed by atoms with Crippen LogP contribution >= 0.6 is 23.2 Å². The Balaban J connectivity index is 1.60. The summed E-state index contributed by atoms with van der Waals surface area (Å²) in [5.41, 5.74) is 0.752. The fourth-order valence-corrected chi connectivity index (χ4v) is 3.74. The van der Waals surface area contributed by atoms with E-state index in [0.29, 0.717) is 24.8 Å². The molecule has 0 N–H and O–H groups in total. The Morgan fingerprint density at radius 2 is 1.92 bits per heavy atom. The zero-order valence-corrected chi connectivity index (χ0v) is 15.5. The molecule has 0 radical (unpaired) electrons. The number of rotatable bonds is 5. The van der Waals surface area contributed by atoms with Gasteiger partial charge in [0.15, 0.2) is 12.1 Å². The lowest BCUT2D eigenvalue weighted by Gasteiger charge is -2.32. The van der Waals surface area contributed by atoms with Crippen LogP contribution in [0, 0.1) is 17.6 Å². The number of benzene rings is 1. The topological polar surface area (TPSA) is 33.2 Å². The summed E-state index contributed by atoms with van der Waals surface area (Å²) in [5, 5.41) is 0.253. The molecular weight excluding hydrogens is 381 g/mol. The third-order valence-electron chi connectivity index (χ3n) is 4.76. The van der Waals surface area contributed by atoms with Crippen LogP contribution in [0.1, 0.15) is 34.5 Å². The maximum absolute atomic E-state index is 14.2. The van der Waals surface area contributed by atoms with E-state index in [-0.39, 0.29) is 33.2 Å². The summed E-state index contributed by atoms with van der Waals surface area (Å²) >= 11 is 11.7. The van der Waals surface area contributed by atoms with Gasteiger partial charge in [-0.15, -0.1) is 0 Å². The molecule has 1 saturated heterocycles. The molecule has 1 aromatic heterocycles. The number of hydrogen-bond donors (Lipinski definition) is 0. The van der Waals surface area contributed by atoms with Crippen molar-refractivity contribution in [3.05, 3.63) is 62.9 Å². The van der Waals surface area contributed by atoms with Gasteiger partial charge in [0.1, 0.15) is 11.0 Å². The maximum atomic E-state index is 14.2. The fourth-order valence-electron chi connectivity index (χ4n) is 3.32. The summed E-state index contributed by atoms with van der Waals surface area (Å²) in [7, 11) is 0. The van der Waals surface area contributed by atoms with Crippen molar-refractivity contribution in [1.82, 2.24) is 9.88 Å². The monoisotopic (exact) mass is 398 g/mol. The SMILES string of the molecule is O=Cc1cc(Cl)nc(CC2CCN(Cc3cccc(Cl)c3F)CC2)c1F. The number of carbonyl (C=O) groups is 1. The quantitative estimate of drug-likeness (QED) is 0.528. The largest absolute Gasteiger partial charge is 0.299 e. The molecule has 0 amide bonds. The van der Waals surface area contributed by atoms with E-state index >= 15 is 0 Å². The second-order valence-electron chi connectivity index (χ2n) is 6.55. The fraction of sp³-hybridized carbons (Fsp3) is 0.368. The lowest BCUT2D eigenvalue weighted by atomic mass is 9.91. The number of piperidine rings is 1. The predicted octanol–water partition coefficient (Wildman–Crippen LogP) is 4.93. The Labute approximate surface area is 160 Å². The van der Waals surface area contributed by atoms with Gasteiger partial charge in [-0.1, -0.05) is 35.3 Å². The molecule has 3 nitrogen and oxygen atoms in total. The summed E-state index contributed by atoms with van der Waals surface area (Å²) in [4.78, 5) is 17.1. The van der Waals surface area contributed by atoms with Crippen molar-refractivity contribution in [3.8, 4) is 0 Å². The standard InChI is InChI=1S/C19H18Cl2F2N2O/c20-15-3-1-2-13(18(15)22)10-25-6-4-12(5-7-25)8-16-19(23)14(11-26)9-17(21)24-16/h1-3,9,11-12H,4-8,10H2. The minimum Gasteiger partial charge on any atom is -0.299 e. The number of aromatic nitrogens is 1. The van der Waals surface area contributed by atoms with Gasteiger partial charge in [-0.05, 0) is 50.4 Å². The minimum absolute atomic E-state index is 0.0612. The summed E-state index contributed by atoms with van der Waals surface area (Å²) in [6, 6.07) is 6.24. The van der Waals surface area contributed by atoms with Crippen LogP contribution in [0.4, 0.5) is 8.78 Å². The van der Waals surface area contributed by atoms with Crippen molar-refractivity contribution in [2.24, 2.45) is 5.92 Å². The second kappa shape index (κ2) is 8.42. The van der Waals surface area contributed by atoms with Gasteiger partial charge in [0.25, 0.3) is 0 Å². The van der Waals surface area contributed by atoms with Crippen molar-refractivity contribution in [2.45, 2.75) is 25.8 Å². The Hall–Kier alpha value is -1.56. The molecule has 0 spiro atoms. The number of aldehydes is 1. The van der Waals surface area contributed by atoms with Gasteiger partial charge in [0.2, 0.25) is 0 Å². The first kappa shape index (κ1) is 19.2. The van der Waals surface area contributed by atoms with Gasteiger partial charge < -0.3 is 0 Å². The molecule has 0 saturated carbocycles. The van der Waals surface area contributed by atoms with E-state index < -0.39 is 5.82 Å². The highest BCUT2D eigenvalue weighted by Gasteiger charge is 2.23. The van der Waals surface area contributed by atoms with E-state index in [0.717, 1.165) is 25.9 Å². The molecule has 0 aliphatic carbocycles. The van der Waals surface area contributed by atoms with Crippen LogP contribution in [0.5, 0.6) is 0 Å². The van der Waals surface area contributed by atoms with Crippen molar-refractivity contribution < 1.29 is 13.6 Å². The molecule has 26 heavy (non-hydrogen) atoms. The van der Waals surface area contributed by atoms with Crippen LogP contribution in [0.2, 0.25) is 10.2 Å². The zero-order chi connectivity index (χ0) is 18.7. The van der Waals surface area contributed by atoms with E-state index in [1.165, 1.54) is 12.1 Å². The number of pyridine rings is 1. The number of nitrogens with zero attached hydrogens (tertiary/aromatic N) is 2. The molecule has 3 rings (SSSR count). The molecule has 1 aromatic carbocycles. The molecular formula is C19H18Cl2F2N2O. The molecule has 0 atom stereocenters. The van der Waals surface area contributed by atoms with Crippen LogP contribution in [0.15, 0.2) is 24.3 Å². The molecule has 7 heteroatoms. The second-order valence-corrected chi connectivity index (χ2v) is 7.34. The number of halogens is 4. The third kappa shape index (κ3) is 4.40. The highest BCUT2D eigenvalue weighted by molar-refractivity contribution is 6.30. The van der Waals surface area contributed by atoms with Crippen molar-refractivity contribution >= 4 is 29.5 Å². The Morgan fingerprint density at radius 1 is 1.19 bits per heavy atom. The van der Waals surface area contributed by atoms with E-state index in [1.807, 2.05) is 0 Å². The number of likely N-dealkylation sites (tertiary alicyclic amines) is 1. The Morgan fingerprint density at radius 3 is 2.62 bits per heavy atom. The average molecular weight is 399 g/mol. The van der Waals surface area contributed by atoms with Gasteiger partial charge in [-0.25, -0.2) is 13.8 Å². The van der Waals surface area contributed by atoms with Crippen LogP contribution in [0.25, 0.3) is 0 Å². The summed E-state index contributed by atoms with van der Waals surface area (Å²) in [5.74, 6) is -0.717. The molecule has 138 valence electrons. The lowest BCUT2D eigenvalue weighted by molar-refractivity contribution is 0.111. The molecule has 2 heterocycles. The van der Waals surface area contributed by atoms with E-state index in [1.54, 1.807) is 12.1 Å². The van der Waals surface area contributed by atoms with Crippen molar-refractivity contribution in [2.75, 3.05) is 13.1 Å². The predicted molar refractivity (Wildman–Crippen MR) is 97.7 cm³/mol. The number of hydrogen-bond acceptors (Lipinski definition) is 3. The van der Waals surface area contributed by atoms with Crippen LogP contribution in [-0.4, -0.2) is 29.3 Å². The first-order valence-electron chi connectivity index (χ1n) is 8.43. The van der Waals surface area contributed by atoms with Gasteiger partial charge in [0.05, 0.1) is 16.3 Å². The molecule has 1 aliphatic heterocycles. The molecule has 0 unspecified atom stereocenters. The van der Waals surface area contributed by atoms with Crippen molar-refractivity contribution in [1.29, 1.82) is 0 Å². The first-order valence-corrected chi connectivity index (χ1v) is 9.19. The van der Waals surface area contributed by atoms with Gasteiger partial charge in [-0.3, -0.25) is 9.69 Å². The smallest absolute Gasteiger partial charge is 0.155 e. The highest BCUT2D eigenvalue weighted by Crippen LogP contribution is 2.26. The van der Waals surface area contributed by atoms with Gasteiger partial charge in [0, 0.05) is 12.1 Å². The van der Waals surface area contributed by atoms with Gasteiger partial charge >= 0.3 is 0 Å². The van der Waals surface area contributed by atoms with Crippen molar-refractivity contribution in [3.63, 3.8) is 0 Å². The number of carbonyl (C=O) groups excluding carboxylic acids is 1. The molecule has 2 aromatic rings.